The minimum absolute atomic E-state index is 0.277. The molecule has 0 spiro atoms. The molecular weight excluding hydrogens is 492 g/mol. The van der Waals surface area contributed by atoms with Crippen LogP contribution in [0, 0.1) is 0 Å². The number of hydrogen-bond donors (Lipinski definition) is 0. The molecule has 0 radical (unpaired) electrons. The number of nitrogens with zero attached hydrogens (tertiary/aromatic N) is 2. The predicted octanol–water partition coefficient (Wildman–Crippen LogP) is 5.52. The van der Waals surface area contributed by atoms with Crippen LogP contribution in [0.1, 0.15) is 67.3 Å². The highest BCUT2D eigenvalue weighted by Gasteiger charge is 2.46. The zero-order valence-electron chi connectivity index (χ0n) is 23.9. The quantitative estimate of drug-likeness (QED) is 0.168. The van der Waals surface area contributed by atoms with Gasteiger partial charge < -0.3 is 28.7 Å². The summed E-state index contributed by atoms with van der Waals surface area (Å²) in [7, 11) is 3.19. The Morgan fingerprint density at radius 3 is 1.72 bits per heavy atom. The maximum Gasteiger partial charge on any atom is 0.265 e. The lowest BCUT2D eigenvalue weighted by Gasteiger charge is -2.35. The molecule has 0 bridgehead atoms. The van der Waals surface area contributed by atoms with Gasteiger partial charge in [0.1, 0.15) is 11.5 Å². The lowest BCUT2D eigenvalue weighted by atomic mass is 9.94. The number of rotatable bonds is 15. The summed E-state index contributed by atoms with van der Waals surface area (Å²) in [6.07, 6.45) is 9.24. The minimum atomic E-state index is -1.65. The highest BCUT2D eigenvalue weighted by molar-refractivity contribution is 6.04. The summed E-state index contributed by atoms with van der Waals surface area (Å²) >= 11 is 0. The summed E-state index contributed by atoms with van der Waals surface area (Å²) in [4.78, 5) is 19.5. The van der Waals surface area contributed by atoms with Crippen LogP contribution in [0.25, 0.3) is 0 Å². The number of Topliss-reactive ketones (excluding diaryl/α,β-unsaturated/α-hetero) is 1. The summed E-state index contributed by atoms with van der Waals surface area (Å²) in [5.74, 6) is -0.866. The van der Waals surface area contributed by atoms with Gasteiger partial charge in [-0.25, -0.2) is 0 Å². The van der Waals surface area contributed by atoms with Gasteiger partial charge in [0, 0.05) is 13.1 Å². The van der Waals surface area contributed by atoms with E-state index in [0.717, 1.165) is 52.1 Å². The van der Waals surface area contributed by atoms with Crippen LogP contribution in [0.15, 0.2) is 48.5 Å². The third-order valence-electron chi connectivity index (χ3n) is 7.86. The van der Waals surface area contributed by atoms with Crippen molar-refractivity contribution in [1.82, 2.24) is 9.80 Å². The van der Waals surface area contributed by atoms with Crippen molar-refractivity contribution in [3.8, 4) is 11.5 Å². The van der Waals surface area contributed by atoms with Gasteiger partial charge in [0.2, 0.25) is 5.78 Å². The Morgan fingerprint density at radius 1 is 0.692 bits per heavy atom. The molecule has 0 aliphatic carbocycles. The number of piperidine rings is 2. The number of methoxy groups -OCH3 is 2. The van der Waals surface area contributed by atoms with E-state index < -0.39 is 5.79 Å². The smallest absolute Gasteiger partial charge is 0.265 e. The molecule has 2 aromatic carbocycles. The standard InChI is InChI=1S/C32H46N2O5/c1-36-29-17-7-5-15-27(29)31(35)32(28-16-6-8-18-30(28)37-2,38-25-13-23-33-19-9-3-10-20-33)39-26-14-24-34-21-11-4-12-22-34/h5-8,15-18H,3-4,9-14,19-26H2,1-2H3. The van der Waals surface area contributed by atoms with Crippen LogP contribution in [0.3, 0.4) is 0 Å². The monoisotopic (exact) mass is 538 g/mol. The van der Waals surface area contributed by atoms with E-state index in [-0.39, 0.29) is 5.78 Å². The highest BCUT2D eigenvalue weighted by atomic mass is 16.7. The number of hydrogen-bond acceptors (Lipinski definition) is 7. The number of benzene rings is 2. The van der Waals surface area contributed by atoms with E-state index in [1.165, 1.54) is 38.5 Å². The molecule has 0 saturated carbocycles. The normalized spacial score (nSPS) is 17.2. The van der Waals surface area contributed by atoms with Crippen LogP contribution < -0.4 is 9.47 Å². The molecule has 0 unspecified atom stereocenters. The summed E-state index contributed by atoms with van der Waals surface area (Å²) in [5, 5.41) is 0. The second kappa shape index (κ2) is 15.4. The number of para-hydroxylation sites is 2. The first-order chi connectivity index (χ1) is 19.2. The number of ketones is 1. The molecule has 4 rings (SSSR count). The first-order valence-corrected chi connectivity index (χ1v) is 14.7. The maximum absolute atomic E-state index is 14.5. The predicted molar refractivity (Wildman–Crippen MR) is 154 cm³/mol. The van der Waals surface area contributed by atoms with Gasteiger partial charge >= 0.3 is 0 Å². The molecule has 0 N–H and O–H groups in total. The zero-order valence-corrected chi connectivity index (χ0v) is 23.9. The van der Waals surface area contributed by atoms with Gasteiger partial charge in [-0.1, -0.05) is 37.1 Å². The fraction of sp³-hybridized carbons (Fsp3) is 0.594. The first-order valence-electron chi connectivity index (χ1n) is 14.7. The Hall–Kier alpha value is -2.45. The van der Waals surface area contributed by atoms with Crippen molar-refractivity contribution in [2.75, 3.05) is 66.7 Å². The van der Waals surface area contributed by atoms with E-state index in [1.807, 2.05) is 36.4 Å². The van der Waals surface area contributed by atoms with Crippen LogP contribution in [0.5, 0.6) is 11.5 Å². The molecule has 2 fully saturated rings. The second-order valence-corrected chi connectivity index (χ2v) is 10.6. The summed E-state index contributed by atoms with van der Waals surface area (Å²) in [5.41, 5.74) is 1.01. The number of likely N-dealkylation sites (tertiary alicyclic amines) is 2. The van der Waals surface area contributed by atoms with Crippen molar-refractivity contribution >= 4 is 5.78 Å². The lowest BCUT2D eigenvalue weighted by Crippen LogP contribution is -2.43. The third kappa shape index (κ3) is 7.82. The molecule has 2 aliphatic heterocycles. The summed E-state index contributed by atoms with van der Waals surface area (Å²) in [6.45, 7) is 7.19. The van der Waals surface area contributed by atoms with E-state index in [0.29, 0.717) is 35.8 Å². The topological polar surface area (TPSA) is 60.5 Å². The van der Waals surface area contributed by atoms with Gasteiger partial charge in [-0.2, -0.15) is 0 Å². The number of ether oxygens (including phenoxy) is 4. The number of carbonyl (C=O) groups is 1. The van der Waals surface area contributed by atoms with Crippen LogP contribution in [0.4, 0.5) is 0 Å². The Balaban J connectivity index is 1.60. The summed E-state index contributed by atoms with van der Waals surface area (Å²) < 4.78 is 24.5. The second-order valence-electron chi connectivity index (χ2n) is 10.6. The Bertz CT molecular complexity index is 991. The van der Waals surface area contributed by atoms with Gasteiger partial charge in [0.05, 0.1) is 38.6 Å². The number of carbonyl (C=O) groups excluding carboxylic acids is 1. The van der Waals surface area contributed by atoms with E-state index in [2.05, 4.69) is 9.80 Å². The van der Waals surface area contributed by atoms with Gasteiger partial charge in [-0.15, -0.1) is 0 Å². The van der Waals surface area contributed by atoms with Crippen molar-refractivity contribution in [3.63, 3.8) is 0 Å². The summed E-state index contributed by atoms with van der Waals surface area (Å²) in [6, 6.07) is 14.8. The molecule has 2 heterocycles. The average Bonchev–Trinajstić information content (AvgIpc) is 3.01. The van der Waals surface area contributed by atoms with Crippen LogP contribution in [-0.2, 0) is 15.3 Å². The van der Waals surface area contributed by atoms with Gasteiger partial charge in [0.15, 0.2) is 0 Å². The van der Waals surface area contributed by atoms with Crippen molar-refractivity contribution in [2.45, 2.75) is 57.2 Å². The Kier molecular flexibility index (Phi) is 11.6. The van der Waals surface area contributed by atoms with Crippen molar-refractivity contribution in [3.05, 3.63) is 59.7 Å². The van der Waals surface area contributed by atoms with Crippen molar-refractivity contribution in [1.29, 1.82) is 0 Å². The molecule has 2 aromatic rings. The fourth-order valence-electron chi connectivity index (χ4n) is 5.75. The molecular formula is C32H46N2O5. The Labute approximate surface area is 234 Å². The molecule has 7 heteroatoms. The van der Waals surface area contributed by atoms with E-state index in [1.54, 1.807) is 26.4 Å². The van der Waals surface area contributed by atoms with Gasteiger partial charge in [-0.3, -0.25) is 4.79 Å². The van der Waals surface area contributed by atoms with Crippen LogP contribution in [0.2, 0.25) is 0 Å². The molecule has 0 amide bonds. The molecule has 0 aromatic heterocycles. The van der Waals surface area contributed by atoms with E-state index >= 15 is 0 Å². The lowest BCUT2D eigenvalue weighted by molar-refractivity contribution is -0.212. The molecule has 0 atom stereocenters. The first kappa shape index (κ1) is 29.5. The van der Waals surface area contributed by atoms with Crippen LogP contribution in [-0.4, -0.2) is 82.3 Å². The van der Waals surface area contributed by atoms with Gasteiger partial charge in [-0.05, 0) is 89.0 Å². The fourth-order valence-corrected chi connectivity index (χ4v) is 5.75. The Morgan fingerprint density at radius 2 is 1.18 bits per heavy atom. The van der Waals surface area contributed by atoms with E-state index in [9.17, 15) is 4.79 Å². The molecule has 2 saturated heterocycles. The van der Waals surface area contributed by atoms with Crippen molar-refractivity contribution < 1.29 is 23.7 Å². The maximum atomic E-state index is 14.5. The average molecular weight is 539 g/mol. The van der Waals surface area contributed by atoms with Crippen molar-refractivity contribution in [2.24, 2.45) is 0 Å². The van der Waals surface area contributed by atoms with Crippen LogP contribution >= 0.6 is 0 Å². The third-order valence-corrected chi connectivity index (χ3v) is 7.86. The molecule has 214 valence electrons. The molecule has 7 nitrogen and oxygen atoms in total. The van der Waals surface area contributed by atoms with Gasteiger partial charge in [0.25, 0.3) is 5.79 Å². The molecule has 39 heavy (non-hydrogen) atoms. The highest BCUT2D eigenvalue weighted by Crippen LogP contribution is 2.39. The molecule has 2 aliphatic rings. The largest absolute Gasteiger partial charge is 0.496 e. The zero-order chi connectivity index (χ0) is 27.3. The SMILES string of the molecule is COc1ccccc1C(=O)C(OCCCN1CCCCC1)(OCCCN1CCCCC1)c1ccccc1OC. The minimum Gasteiger partial charge on any atom is -0.496 e. The van der Waals surface area contributed by atoms with E-state index in [4.69, 9.17) is 18.9 Å².